The van der Waals surface area contributed by atoms with Crippen molar-refractivity contribution in [2.75, 3.05) is 6.61 Å². The molecule has 0 aromatic heterocycles. The number of hydrogen-bond donors (Lipinski definition) is 1. The molecule has 94 valence electrons. The zero-order valence-corrected chi connectivity index (χ0v) is 10.6. The standard InChI is InChI=1S/C14H26O2/c1-2-3-4-5-6-7-8-9-11-14(16)12-10-13-15/h10,12,15H,2-9,11,13H2,1H3. The van der Waals surface area contributed by atoms with E-state index >= 15 is 0 Å². The van der Waals surface area contributed by atoms with Gasteiger partial charge >= 0.3 is 0 Å². The van der Waals surface area contributed by atoms with Crippen LogP contribution in [0.3, 0.4) is 0 Å². The summed E-state index contributed by atoms with van der Waals surface area (Å²) in [5.41, 5.74) is 0. The zero-order valence-electron chi connectivity index (χ0n) is 10.6. The molecule has 0 radical (unpaired) electrons. The maximum atomic E-state index is 11.2. The first-order valence-corrected chi connectivity index (χ1v) is 6.61. The molecule has 0 saturated carbocycles. The number of hydrogen-bond acceptors (Lipinski definition) is 2. The lowest BCUT2D eigenvalue weighted by Crippen LogP contribution is -1.93. The van der Waals surface area contributed by atoms with Gasteiger partial charge in [-0.2, -0.15) is 0 Å². The highest BCUT2D eigenvalue weighted by Crippen LogP contribution is 2.09. The van der Waals surface area contributed by atoms with Crippen LogP contribution < -0.4 is 0 Å². The lowest BCUT2D eigenvalue weighted by molar-refractivity contribution is -0.114. The predicted molar refractivity (Wildman–Crippen MR) is 68.5 cm³/mol. The minimum absolute atomic E-state index is 0.0385. The fraction of sp³-hybridized carbons (Fsp3) is 0.786. The zero-order chi connectivity index (χ0) is 12.1. The molecule has 1 N–H and O–H groups in total. The lowest BCUT2D eigenvalue weighted by Gasteiger charge is -2.00. The Morgan fingerprint density at radius 2 is 1.56 bits per heavy atom. The van der Waals surface area contributed by atoms with E-state index in [9.17, 15) is 4.79 Å². The van der Waals surface area contributed by atoms with E-state index in [1.807, 2.05) is 0 Å². The molecule has 0 unspecified atom stereocenters. The highest BCUT2D eigenvalue weighted by Gasteiger charge is 1.96. The molecule has 0 saturated heterocycles. The first kappa shape index (κ1) is 15.4. The van der Waals surface area contributed by atoms with Crippen LogP contribution in [0.25, 0.3) is 0 Å². The number of rotatable bonds is 11. The molecule has 0 fully saturated rings. The lowest BCUT2D eigenvalue weighted by atomic mass is 10.1. The monoisotopic (exact) mass is 226 g/mol. The van der Waals surface area contributed by atoms with Crippen molar-refractivity contribution in [3.63, 3.8) is 0 Å². The Labute approximate surface area is 99.7 Å². The molecule has 0 amide bonds. The van der Waals surface area contributed by atoms with Crippen molar-refractivity contribution in [3.05, 3.63) is 12.2 Å². The topological polar surface area (TPSA) is 37.3 Å². The SMILES string of the molecule is CCCCCCCCCCC(=O)C=CCO. The van der Waals surface area contributed by atoms with Gasteiger partial charge in [-0.1, -0.05) is 57.9 Å². The Bertz CT molecular complexity index is 185. The van der Waals surface area contributed by atoms with E-state index < -0.39 is 0 Å². The van der Waals surface area contributed by atoms with Gasteiger partial charge in [-0.05, 0) is 12.5 Å². The van der Waals surface area contributed by atoms with Gasteiger partial charge in [0.15, 0.2) is 5.78 Å². The maximum Gasteiger partial charge on any atom is 0.155 e. The van der Waals surface area contributed by atoms with Crippen LogP contribution in [0.1, 0.15) is 64.7 Å². The molecule has 0 rings (SSSR count). The highest BCUT2D eigenvalue weighted by molar-refractivity contribution is 5.89. The average molecular weight is 226 g/mol. The van der Waals surface area contributed by atoms with Crippen molar-refractivity contribution >= 4 is 5.78 Å². The molecule has 16 heavy (non-hydrogen) atoms. The van der Waals surface area contributed by atoms with E-state index in [-0.39, 0.29) is 12.4 Å². The summed E-state index contributed by atoms with van der Waals surface area (Å²) in [5, 5.41) is 8.49. The third-order valence-corrected chi connectivity index (χ3v) is 2.69. The van der Waals surface area contributed by atoms with Crippen molar-refractivity contribution in [2.45, 2.75) is 64.7 Å². The normalized spacial score (nSPS) is 11.1. The Kier molecular flexibility index (Phi) is 11.9. The summed E-state index contributed by atoms with van der Waals surface area (Å²) in [4.78, 5) is 11.2. The Morgan fingerprint density at radius 3 is 2.12 bits per heavy atom. The molecule has 0 aliphatic carbocycles. The second-order valence-electron chi connectivity index (χ2n) is 4.28. The van der Waals surface area contributed by atoms with Crippen LogP contribution in [0.2, 0.25) is 0 Å². The summed E-state index contributed by atoms with van der Waals surface area (Å²) in [7, 11) is 0. The van der Waals surface area contributed by atoms with Crippen LogP contribution in [-0.2, 0) is 4.79 Å². The molecule has 0 aromatic rings. The number of aliphatic hydroxyl groups excluding tert-OH is 1. The molecule has 0 spiro atoms. The fourth-order valence-corrected chi connectivity index (χ4v) is 1.70. The second kappa shape index (κ2) is 12.4. The summed E-state index contributed by atoms with van der Waals surface area (Å²) >= 11 is 0. The van der Waals surface area contributed by atoms with Gasteiger partial charge in [-0.3, -0.25) is 4.79 Å². The summed E-state index contributed by atoms with van der Waals surface area (Å²) in [6.07, 6.45) is 13.7. The van der Waals surface area contributed by atoms with Gasteiger partial charge in [-0.25, -0.2) is 0 Å². The van der Waals surface area contributed by atoms with Gasteiger partial charge in [0.1, 0.15) is 0 Å². The summed E-state index contributed by atoms with van der Waals surface area (Å²) in [5.74, 6) is 0.139. The third kappa shape index (κ3) is 11.4. The van der Waals surface area contributed by atoms with Crippen molar-refractivity contribution in [1.82, 2.24) is 0 Å². The molecule has 0 atom stereocenters. The number of carbonyl (C=O) groups excluding carboxylic acids is 1. The molecular weight excluding hydrogens is 200 g/mol. The third-order valence-electron chi connectivity index (χ3n) is 2.69. The van der Waals surface area contributed by atoms with E-state index in [1.54, 1.807) is 0 Å². The second-order valence-corrected chi connectivity index (χ2v) is 4.28. The Hall–Kier alpha value is -0.630. The predicted octanol–water partition coefficient (Wildman–Crippen LogP) is 3.63. The number of aliphatic hydroxyl groups is 1. The van der Waals surface area contributed by atoms with Crippen LogP contribution in [-0.4, -0.2) is 17.5 Å². The average Bonchev–Trinajstić information content (AvgIpc) is 2.30. The van der Waals surface area contributed by atoms with Gasteiger partial charge in [0.25, 0.3) is 0 Å². The highest BCUT2D eigenvalue weighted by atomic mass is 16.2. The smallest absolute Gasteiger partial charge is 0.155 e. The number of unbranched alkanes of at least 4 members (excludes halogenated alkanes) is 7. The molecule has 0 aliphatic rings. The molecule has 2 heteroatoms. The van der Waals surface area contributed by atoms with Gasteiger partial charge in [0.05, 0.1) is 6.61 Å². The molecule has 0 heterocycles. The molecule has 2 nitrogen and oxygen atoms in total. The van der Waals surface area contributed by atoms with E-state index in [2.05, 4.69) is 6.92 Å². The first-order chi connectivity index (χ1) is 7.81. The Morgan fingerprint density at radius 1 is 1.00 bits per heavy atom. The van der Waals surface area contributed by atoms with Crippen molar-refractivity contribution in [1.29, 1.82) is 0 Å². The van der Waals surface area contributed by atoms with Crippen molar-refractivity contribution in [3.8, 4) is 0 Å². The van der Waals surface area contributed by atoms with E-state index in [0.29, 0.717) is 6.42 Å². The van der Waals surface area contributed by atoms with E-state index in [1.165, 1.54) is 50.7 Å². The molecule has 0 bridgehead atoms. The minimum atomic E-state index is -0.0385. The largest absolute Gasteiger partial charge is 0.392 e. The van der Waals surface area contributed by atoms with Crippen LogP contribution in [0, 0.1) is 0 Å². The molecule has 0 aromatic carbocycles. The minimum Gasteiger partial charge on any atom is -0.392 e. The quantitative estimate of drug-likeness (QED) is 0.431. The van der Waals surface area contributed by atoms with Crippen molar-refractivity contribution < 1.29 is 9.90 Å². The van der Waals surface area contributed by atoms with Crippen molar-refractivity contribution in [2.24, 2.45) is 0 Å². The Balaban J connectivity index is 3.14. The summed E-state index contributed by atoms with van der Waals surface area (Å²) < 4.78 is 0. The number of carbonyl (C=O) groups is 1. The van der Waals surface area contributed by atoms with Crippen LogP contribution in [0.4, 0.5) is 0 Å². The number of ketones is 1. The van der Waals surface area contributed by atoms with Crippen LogP contribution in [0.5, 0.6) is 0 Å². The van der Waals surface area contributed by atoms with Gasteiger partial charge in [0, 0.05) is 6.42 Å². The van der Waals surface area contributed by atoms with E-state index in [0.717, 1.165) is 12.8 Å². The van der Waals surface area contributed by atoms with Gasteiger partial charge < -0.3 is 5.11 Å². The van der Waals surface area contributed by atoms with E-state index in [4.69, 9.17) is 5.11 Å². The summed E-state index contributed by atoms with van der Waals surface area (Å²) in [6, 6.07) is 0. The van der Waals surface area contributed by atoms with Crippen LogP contribution >= 0.6 is 0 Å². The van der Waals surface area contributed by atoms with Gasteiger partial charge in [0.2, 0.25) is 0 Å². The fourth-order valence-electron chi connectivity index (χ4n) is 1.70. The number of allylic oxidation sites excluding steroid dienone is 1. The van der Waals surface area contributed by atoms with Crippen LogP contribution in [0.15, 0.2) is 12.2 Å². The maximum absolute atomic E-state index is 11.2. The summed E-state index contributed by atoms with van der Waals surface area (Å²) in [6.45, 7) is 2.19. The molecular formula is C14H26O2. The molecule has 0 aliphatic heterocycles. The first-order valence-electron chi connectivity index (χ1n) is 6.61. The van der Waals surface area contributed by atoms with Gasteiger partial charge in [-0.15, -0.1) is 0 Å².